The fraction of sp³-hybridized carbons (Fsp3) is 0.304. The van der Waals surface area contributed by atoms with Gasteiger partial charge in [0.25, 0.3) is 0 Å². The van der Waals surface area contributed by atoms with Gasteiger partial charge in [0, 0.05) is 18.2 Å². The van der Waals surface area contributed by atoms with Crippen LogP contribution in [0.25, 0.3) is 11.3 Å². The lowest BCUT2D eigenvalue weighted by molar-refractivity contribution is 0.417. The SMILES string of the molecule is CCn1nc(-c2cccc(C(C)(C)NS(=O)(=O)CC)c2)cc1Oc1ccc(C#N)cc1. The van der Waals surface area contributed by atoms with E-state index < -0.39 is 15.6 Å². The molecular weight excluding hydrogens is 412 g/mol. The van der Waals surface area contributed by atoms with Gasteiger partial charge in [0.15, 0.2) is 0 Å². The molecule has 0 aliphatic carbocycles. The number of aryl methyl sites for hydroxylation is 1. The normalized spacial score (nSPS) is 11.8. The molecule has 1 aromatic heterocycles. The van der Waals surface area contributed by atoms with Gasteiger partial charge in [-0.3, -0.25) is 0 Å². The third-order valence-electron chi connectivity index (χ3n) is 4.92. The third kappa shape index (κ3) is 5.32. The van der Waals surface area contributed by atoms with Crippen molar-refractivity contribution in [3.63, 3.8) is 0 Å². The summed E-state index contributed by atoms with van der Waals surface area (Å²) >= 11 is 0. The quantitative estimate of drug-likeness (QED) is 0.562. The standard InChI is InChI=1S/C23H26N4O3S/c1-5-27-22(30-20-12-10-17(16-24)11-13-20)15-21(25-27)18-8-7-9-19(14-18)23(3,4)26-31(28,29)6-2/h7-15,26H,5-6H2,1-4H3. The van der Waals surface area contributed by atoms with Crippen LogP contribution in [-0.4, -0.2) is 24.0 Å². The number of ether oxygens (including phenoxy) is 1. The molecule has 0 radical (unpaired) electrons. The summed E-state index contributed by atoms with van der Waals surface area (Å²) in [5.41, 5.74) is 2.22. The first-order valence-corrected chi connectivity index (χ1v) is 11.7. The van der Waals surface area contributed by atoms with Gasteiger partial charge >= 0.3 is 0 Å². The fourth-order valence-electron chi connectivity index (χ4n) is 3.15. The monoisotopic (exact) mass is 438 g/mol. The van der Waals surface area contributed by atoms with E-state index in [1.165, 1.54) is 0 Å². The van der Waals surface area contributed by atoms with Crippen molar-refractivity contribution in [3.8, 4) is 29.0 Å². The Morgan fingerprint density at radius 2 is 1.84 bits per heavy atom. The van der Waals surface area contributed by atoms with Crippen molar-refractivity contribution in [2.45, 2.75) is 39.8 Å². The van der Waals surface area contributed by atoms with E-state index in [-0.39, 0.29) is 5.75 Å². The molecule has 0 unspecified atom stereocenters. The maximum Gasteiger partial charge on any atom is 0.218 e. The third-order valence-corrected chi connectivity index (χ3v) is 6.50. The Kier molecular flexibility index (Phi) is 6.48. The first kappa shape index (κ1) is 22.5. The highest BCUT2D eigenvalue weighted by Gasteiger charge is 2.26. The number of hydrogen-bond acceptors (Lipinski definition) is 5. The smallest absolute Gasteiger partial charge is 0.218 e. The van der Waals surface area contributed by atoms with Crippen molar-refractivity contribution < 1.29 is 13.2 Å². The summed E-state index contributed by atoms with van der Waals surface area (Å²) in [5, 5.41) is 13.6. The molecule has 0 saturated carbocycles. The van der Waals surface area contributed by atoms with Gasteiger partial charge in [-0.2, -0.15) is 10.4 Å². The van der Waals surface area contributed by atoms with Crippen LogP contribution in [0.1, 0.15) is 38.8 Å². The first-order chi connectivity index (χ1) is 14.7. The molecule has 0 fully saturated rings. The Balaban J connectivity index is 1.91. The maximum absolute atomic E-state index is 12.1. The van der Waals surface area contributed by atoms with Gasteiger partial charge in [0.2, 0.25) is 15.9 Å². The van der Waals surface area contributed by atoms with Crippen molar-refractivity contribution in [1.82, 2.24) is 14.5 Å². The predicted octanol–water partition coefficient (Wildman–Crippen LogP) is 4.41. The van der Waals surface area contributed by atoms with E-state index in [0.717, 1.165) is 16.8 Å². The molecular formula is C23H26N4O3S. The molecule has 7 nitrogen and oxygen atoms in total. The van der Waals surface area contributed by atoms with Crippen LogP contribution in [-0.2, 0) is 22.1 Å². The lowest BCUT2D eigenvalue weighted by atomic mass is 9.93. The van der Waals surface area contributed by atoms with Crippen LogP contribution in [0.15, 0.2) is 54.6 Å². The molecule has 0 aliphatic heterocycles. The summed E-state index contributed by atoms with van der Waals surface area (Å²) in [5.74, 6) is 1.22. The molecule has 162 valence electrons. The van der Waals surface area contributed by atoms with Crippen LogP contribution in [0.4, 0.5) is 0 Å². The highest BCUT2D eigenvalue weighted by molar-refractivity contribution is 7.89. The highest BCUT2D eigenvalue weighted by Crippen LogP contribution is 2.30. The van der Waals surface area contributed by atoms with Crippen LogP contribution in [0.2, 0.25) is 0 Å². The molecule has 31 heavy (non-hydrogen) atoms. The molecule has 0 amide bonds. The second-order valence-electron chi connectivity index (χ2n) is 7.63. The van der Waals surface area contributed by atoms with E-state index in [2.05, 4.69) is 15.9 Å². The van der Waals surface area contributed by atoms with E-state index in [1.54, 1.807) is 35.9 Å². The molecule has 0 spiro atoms. The zero-order valence-electron chi connectivity index (χ0n) is 18.1. The fourth-order valence-corrected chi connectivity index (χ4v) is 4.19. The van der Waals surface area contributed by atoms with Crippen LogP contribution >= 0.6 is 0 Å². The van der Waals surface area contributed by atoms with Crippen LogP contribution in [0.5, 0.6) is 11.6 Å². The zero-order chi connectivity index (χ0) is 22.6. The largest absolute Gasteiger partial charge is 0.439 e. The minimum absolute atomic E-state index is 0.0209. The molecule has 1 N–H and O–H groups in total. The van der Waals surface area contributed by atoms with Crippen molar-refractivity contribution in [2.75, 3.05) is 5.75 Å². The topological polar surface area (TPSA) is 97.0 Å². The summed E-state index contributed by atoms with van der Waals surface area (Å²) in [6.07, 6.45) is 0. The van der Waals surface area contributed by atoms with Gasteiger partial charge in [0.1, 0.15) is 5.75 Å². The Labute approximate surface area is 183 Å². The number of rotatable bonds is 8. The number of sulfonamides is 1. The van der Waals surface area contributed by atoms with Gasteiger partial charge < -0.3 is 4.74 Å². The molecule has 8 heteroatoms. The lowest BCUT2D eigenvalue weighted by Gasteiger charge is -2.26. The summed E-state index contributed by atoms with van der Waals surface area (Å²) in [6, 6.07) is 18.5. The summed E-state index contributed by atoms with van der Waals surface area (Å²) in [7, 11) is -3.36. The Bertz CT molecular complexity index is 1210. The number of nitrogens with zero attached hydrogens (tertiary/aromatic N) is 3. The Morgan fingerprint density at radius 3 is 2.45 bits per heavy atom. The summed E-state index contributed by atoms with van der Waals surface area (Å²) in [4.78, 5) is 0. The molecule has 0 bridgehead atoms. The van der Waals surface area contributed by atoms with Gasteiger partial charge in [0.05, 0.1) is 28.6 Å². The van der Waals surface area contributed by atoms with Crippen molar-refractivity contribution in [1.29, 1.82) is 5.26 Å². The van der Waals surface area contributed by atoms with Crippen LogP contribution in [0, 0.1) is 11.3 Å². The zero-order valence-corrected chi connectivity index (χ0v) is 18.9. The van der Waals surface area contributed by atoms with Gasteiger partial charge in [-0.15, -0.1) is 0 Å². The minimum atomic E-state index is -3.36. The van der Waals surface area contributed by atoms with Gasteiger partial charge in [-0.1, -0.05) is 18.2 Å². The van der Waals surface area contributed by atoms with E-state index >= 15 is 0 Å². The second kappa shape index (κ2) is 8.92. The number of hydrogen-bond donors (Lipinski definition) is 1. The lowest BCUT2D eigenvalue weighted by Crippen LogP contribution is -2.41. The van der Waals surface area contributed by atoms with E-state index in [0.29, 0.717) is 23.7 Å². The van der Waals surface area contributed by atoms with Crippen LogP contribution in [0.3, 0.4) is 0 Å². The molecule has 0 saturated heterocycles. The molecule has 2 aromatic carbocycles. The predicted molar refractivity (Wildman–Crippen MR) is 120 cm³/mol. The molecule has 0 aliphatic rings. The Morgan fingerprint density at radius 1 is 1.13 bits per heavy atom. The van der Waals surface area contributed by atoms with E-state index in [9.17, 15) is 8.42 Å². The van der Waals surface area contributed by atoms with Crippen molar-refractivity contribution in [3.05, 3.63) is 65.7 Å². The molecule has 3 aromatic rings. The number of benzene rings is 2. The minimum Gasteiger partial charge on any atom is -0.439 e. The van der Waals surface area contributed by atoms with Crippen molar-refractivity contribution >= 4 is 10.0 Å². The van der Waals surface area contributed by atoms with E-state index in [4.69, 9.17) is 10.00 Å². The summed E-state index contributed by atoms with van der Waals surface area (Å²) in [6.45, 7) is 7.88. The highest BCUT2D eigenvalue weighted by atomic mass is 32.2. The Hall–Kier alpha value is -3.15. The van der Waals surface area contributed by atoms with Gasteiger partial charge in [-0.05, 0) is 63.6 Å². The summed E-state index contributed by atoms with van der Waals surface area (Å²) < 4.78 is 34.6. The van der Waals surface area contributed by atoms with Gasteiger partial charge in [-0.25, -0.2) is 17.8 Å². The average Bonchev–Trinajstić information content (AvgIpc) is 3.16. The van der Waals surface area contributed by atoms with Crippen LogP contribution < -0.4 is 9.46 Å². The maximum atomic E-state index is 12.1. The molecule has 1 heterocycles. The number of nitriles is 1. The second-order valence-corrected chi connectivity index (χ2v) is 9.64. The average molecular weight is 439 g/mol. The number of aromatic nitrogens is 2. The van der Waals surface area contributed by atoms with Crippen molar-refractivity contribution in [2.24, 2.45) is 0 Å². The number of nitrogens with one attached hydrogen (secondary N) is 1. The molecule has 3 rings (SSSR count). The first-order valence-electron chi connectivity index (χ1n) is 10.1. The molecule has 0 atom stereocenters. The van der Waals surface area contributed by atoms with E-state index in [1.807, 2.05) is 51.1 Å².